The molecule has 1 amide bonds. The number of nitrogens with zero attached hydrogens (tertiary/aromatic N) is 6. The van der Waals surface area contributed by atoms with Gasteiger partial charge in [0.1, 0.15) is 5.56 Å². The molecule has 4 aromatic rings. The second-order valence-corrected chi connectivity index (χ2v) is 6.53. The predicted octanol–water partition coefficient (Wildman–Crippen LogP) is 2.28. The number of nitro benzene ring substituents is 1. The van der Waals surface area contributed by atoms with Crippen LogP contribution in [0.15, 0.2) is 48.9 Å². The molecular weight excluding hydrogens is 374 g/mol. The van der Waals surface area contributed by atoms with E-state index >= 15 is 0 Å². The van der Waals surface area contributed by atoms with Gasteiger partial charge in [0.2, 0.25) is 0 Å². The molecule has 0 aliphatic rings. The summed E-state index contributed by atoms with van der Waals surface area (Å²) in [6.07, 6.45) is 4.84. The summed E-state index contributed by atoms with van der Waals surface area (Å²) in [5, 5.41) is 22.5. The Hall–Kier alpha value is -4.08. The van der Waals surface area contributed by atoms with E-state index in [4.69, 9.17) is 0 Å². The molecule has 0 spiro atoms. The quantitative estimate of drug-likeness (QED) is 0.412. The third-order valence-corrected chi connectivity index (χ3v) is 4.55. The minimum absolute atomic E-state index is 0.0237. The Kier molecular flexibility index (Phi) is 4.51. The van der Waals surface area contributed by atoms with Crippen molar-refractivity contribution < 1.29 is 9.72 Å². The van der Waals surface area contributed by atoms with E-state index < -0.39 is 4.92 Å². The summed E-state index contributed by atoms with van der Waals surface area (Å²) in [6, 6.07) is 7.92. The third kappa shape index (κ3) is 3.43. The van der Waals surface area contributed by atoms with Crippen molar-refractivity contribution in [2.75, 3.05) is 0 Å². The van der Waals surface area contributed by atoms with Crippen molar-refractivity contribution in [1.82, 2.24) is 29.7 Å². The van der Waals surface area contributed by atoms with Gasteiger partial charge in [0, 0.05) is 49.2 Å². The molecular formula is C19H17N7O3. The van der Waals surface area contributed by atoms with E-state index in [0.717, 1.165) is 11.3 Å². The predicted molar refractivity (Wildman–Crippen MR) is 104 cm³/mol. The van der Waals surface area contributed by atoms with Gasteiger partial charge in [0.25, 0.3) is 11.6 Å². The average Bonchev–Trinajstić information content (AvgIpc) is 3.28. The second-order valence-electron chi connectivity index (χ2n) is 6.53. The van der Waals surface area contributed by atoms with E-state index in [0.29, 0.717) is 29.0 Å². The van der Waals surface area contributed by atoms with Crippen molar-refractivity contribution in [1.29, 1.82) is 0 Å². The molecule has 4 rings (SSSR count). The molecule has 0 aliphatic carbocycles. The van der Waals surface area contributed by atoms with Gasteiger partial charge >= 0.3 is 0 Å². The molecule has 146 valence electrons. The van der Waals surface area contributed by atoms with Crippen LogP contribution in [0.1, 0.15) is 21.6 Å². The lowest BCUT2D eigenvalue weighted by Crippen LogP contribution is -2.23. The highest BCUT2D eigenvalue weighted by atomic mass is 16.6. The molecule has 1 aromatic carbocycles. The van der Waals surface area contributed by atoms with Crippen molar-refractivity contribution in [3.63, 3.8) is 0 Å². The summed E-state index contributed by atoms with van der Waals surface area (Å²) >= 11 is 0. The van der Waals surface area contributed by atoms with E-state index in [1.807, 2.05) is 20.2 Å². The monoisotopic (exact) mass is 391 g/mol. The van der Waals surface area contributed by atoms with E-state index in [1.54, 1.807) is 29.1 Å². The standard InChI is InChI=1S/C19H17N7O3/c1-12-14(11-24(2)23-12)9-21-19(27)16-10-22-25-17(6-7-20-18(16)25)13-4-3-5-15(8-13)26(28)29/h3-8,10-11H,9H2,1-2H3,(H,21,27). The van der Waals surface area contributed by atoms with Gasteiger partial charge < -0.3 is 5.32 Å². The number of carbonyl (C=O) groups excluding carboxylic acids is 1. The normalized spacial score (nSPS) is 11.0. The van der Waals surface area contributed by atoms with Crippen molar-refractivity contribution in [3.05, 3.63) is 75.9 Å². The first-order chi connectivity index (χ1) is 13.9. The molecule has 0 saturated carbocycles. The number of aryl methyl sites for hydroxylation is 2. The first kappa shape index (κ1) is 18.3. The summed E-state index contributed by atoms with van der Waals surface area (Å²) in [5.74, 6) is -0.313. The molecule has 3 heterocycles. The first-order valence-electron chi connectivity index (χ1n) is 8.79. The van der Waals surface area contributed by atoms with Gasteiger partial charge in [-0.3, -0.25) is 19.6 Å². The molecule has 0 aliphatic heterocycles. The van der Waals surface area contributed by atoms with Crippen LogP contribution < -0.4 is 5.32 Å². The van der Waals surface area contributed by atoms with Gasteiger partial charge in [-0.25, -0.2) is 9.50 Å². The Morgan fingerprint density at radius 3 is 2.86 bits per heavy atom. The maximum absolute atomic E-state index is 12.7. The molecule has 0 bridgehead atoms. The lowest BCUT2D eigenvalue weighted by molar-refractivity contribution is -0.384. The van der Waals surface area contributed by atoms with Crippen molar-refractivity contribution >= 4 is 17.2 Å². The molecule has 1 N–H and O–H groups in total. The van der Waals surface area contributed by atoms with Crippen LogP contribution in [0.2, 0.25) is 0 Å². The molecule has 10 heteroatoms. The van der Waals surface area contributed by atoms with Crippen LogP contribution in [0.5, 0.6) is 0 Å². The number of fused-ring (bicyclic) bond motifs is 1. The minimum Gasteiger partial charge on any atom is -0.348 e. The molecule has 29 heavy (non-hydrogen) atoms. The average molecular weight is 391 g/mol. The zero-order valence-electron chi connectivity index (χ0n) is 15.7. The van der Waals surface area contributed by atoms with E-state index in [1.165, 1.54) is 22.8 Å². The summed E-state index contributed by atoms with van der Waals surface area (Å²) in [5.41, 5.74) is 3.63. The SMILES string of the molecule is Cc1nn(C)cc1CNC(=O)c1cnn2c(-c3cccc([N+](=O)[O-])c3)ccnc12. The molecule has 0 radical (unpaired) electrons. The highest BCUT2D eigenvalue weighted by Crippen LogP contribution is 2.24. The lowest BCUT2D eigenvalue weighted by atomic mass is 10.1. The topological polar surface area (TPSA) is 120 Å². The van der Waals surface area contributed by atoms with E-state index in [9.17, 15) is 14.9 Å². The molecule has 0 atom stereocenters. The largest absolute Gasteiger partial charge is 0.348 e. The summed E-state index contributed by atoms with van der Waals surface area (Å²) < 4.78 is 3.20. The van der Waals surface area contributed by atoms with Gasteiger partial charge in [-0.05, 0) is 13.0 Å². The van der Waals surface area contributed by atoms with Crippen LogP contribution in [0, 0.1) is 17.0 Å². The molecule has 0 unspecified atom stereocenters. The summed E-state index contributed by atoms with van der Waals surface area (Å²) in [6.45, 7) is 2.21. The zero-order chi connectivity index (χ0) is 20.5. The number of aromatic nitrogens is 5. The number of non-ortho nitro benzene ring substituents is 1. The number of carbonyl (C=O) groups is 1. The Balaban J connectivity index is 1.65. The fourth-order valence-electron chi connectivity index (χ4n) is 3.14. The van der Waals surface area contributed by atoms with Crippen LogP contribution >= 0.6 is 0 Å². The fourth-order valence-corrected chi connectivity index (χ4v) is 3.14. The van der Waals surface area contributed by atoms with E-state index in [2.05, 4.69) is 20.5 Å². The number of benzene rings is 1. The molecule has 0 fully saturated rings. The van der Waals surface area contributed by atoms with Gasteiger partial charge in [0.15, 0.2) is 5.65 Å². The fraction of sp³-hybridized carbons (Fsp3) is 0.158. The summed E-state index contributed by atoms with van der Waals surface area (Å²) in [7, 11) is 1.82. The maximum Gasteiger partial charge on any atom is 0.270 e. The Morgan fingerprint density at radius 1 is 1.31 bits per heavy atom. The molecule has 0 saturated heterocycles. The summed E-state index contributed by atoms with van der Waals surface area (Å²) in [4.78, 5) is 27.6. The van der Waals surface area contributed by atoms with Gasteiger partial charge in [0.05, 0.1) is 22.5 Å². The number of nitro groups is 1. The smallest absolute Gasteiger partial charge is 0.270 e. The first-order valence-corrected chi connectivity index (χ1v) is 8.79. The molecule has 3 aromatic heterocycles. The van der Waals surface area contributed by atoms with Crippen LogP contribution in [-0.2, 0) is 13.6 Å². The van der Waals surface area contributed by atoms with Crippen LogP contribution in [0.3, 0.4) is 0 Å². The highest BCUT2D eigenvalue weighted by Gasteiger charge is 2.17. The lowest BCUT2D eigenvalue weighted by Gasteiger charge is -2.06. The Bertz CT molecular complexity index is 1240. The number of hydrogen-bond donors (Lipinski definition) is 1. The van der Waals surface area contributed by atoms with Crippen molar-refractivity contribution in [2.45, 2.75) is 13.5 Å². The number of rotatable bonds is 5. The van der Waals surface area contributed by atoms with Gasteiger partial charge in [-0.15, -0.1) is 0 Å². The second kappa shape index (κ2) is 7.15. The van der Waals surface area contributed by atoms with Crippen LogP contribution in [0.4, 0.5) is 5.69 Å². The Labute approximate surface area is 165 Å². The van der Waals surface area contributed by atoms with Crippen molar-refractivity contribution in [2.24, 2.45) is 7.05 Å². The van der Waals surface area contributed by atoms with Gasteiger partial charge in [-0.1, -0.05) is 12.1 Å². The minimum atomic E-state index is -0.454. The van der Waals surface area contributed by atoms with E-state index in [-0.39, 0.29) is 11.6 Å². The molecule has 10 nitrogen and oxygen atoms in total. The number of amides is 1. The van der Waals surface area contributed by atoms with Crippen LogP contribution in [-0.4, -0.2) is 35.2 Å². The third-order valence-electron chi connectivity index (χ3n) is 4.55. The van der Waals surface area contributed by atoms with Crippen molar-refractivity contribution in [3.8, 4) is 11.3 Å². The van der Waals surface area contributed by atoms with Gasteiger partial charge in [-0.2, -0.15) is 10.2 Å². The number of nitrogens with one attached hydrogen (secondary N) is 1. The highest BCUT2D eigenvalue weighted by molar-refractivity contribution is 5.99. The van der Waals surface area contributed by atoms with Crippen LogP contribution in [0.25, 0.3) is 16.9 Å². The Morgan fingerprint density at radius 2 is 2.14 bits per heavy atom. The zero-order valence-corrected chi connectivity index (χ0v) is 15.7. The maximum atomic E-state index is 12.7. The number of hydrogen-bond acceptors (Lipinski definition) is 6.